The van der Waals surface area contributed by atoms with Crippen LogP contribution < -0.4 is 0 Å². The van der Waals surface area contributed by atoms with Gasteiger partial charge in [0.15, 0.2) is 34.9 Å². The summed E-state index contributed by atoms with van der Waals surface area (Å²) >= 11 is 0. The Labute approximate surface area is 285 Å². The number of ether oxygens (including phenoxy) is 1. The Morgan fingerprint density at radius 2 is 0.776 bits per heavy atom. The van der Waals surface area contributed by atoms with Crippen molar-refractivity contribution in [3.63, 3.8) is 0 Å². The van der Waals surface area contributed by atoms with Gasteiger partial charge in [-0.2, -0.15) is 0 Å². The van der Waals surface area contributed by atoms with Crippen molar-refractivity contribution in [3.8, 4) is 0 Å². The monoisotopic (exact) mass is 678 g/mol. The average molecular weight is 679 g/mol. The molecule has 0 saturated heterocycles. The van der Waals surface area contributed by atoms with Crippen molar-refractivity contribution in [1.29, 1.82) is 0 Å². The lowest BCUT2D eigenvalue weighted by Crippen LogP contribution is -2.16. The Morgan fingerprint density at radius 1 is 0.469 bits per heavy atom. The van der Waals surface area contributed by atoms with Crippen LogP contribution >= 0.6 is 0 Å². The molecule has 2 unspecified atom stereocenters. The summed E-state index contributed by atoms with van der Waals surface area (Å²) in [7, 11) is 0. The van der Waals surface area contributed by atoms with Crippen LogP contribution in [0.3, 0.4) is 0 Å². The Bertz CT molecular complexity index is 1530. The SMILES string of the molecule is CCC1CCC(c2ccc(C(OC(c3ccc(C4CCC(CC)CC4)cc3)c3cc(F)c(F)c(F)c3)c3cc(F)c(F)c(F)c3)cc2)CC1. The van der Waals surface area contributed by atoms with Gasteiger partial charge < -0.3 is 4.74 Å². The van der Waals surface area contributed by atoms with Crippen LogP contribution in [0, 0.1) is 46.7 Å². The van der Waals surface area contributed by atoms with Crippen molar-refractivity contribution in [2.24, 2.45) is 11.8 Å². The Hall–Kier alpha value is -3.58. The molecule has 260 valence electrons. The van der Waals surface area contributed by atoms with Crippen LogP contribution in [-0.4, -0.2) is 0 Å². The molecule has 0 N–H and O–H groups in total. The molecule has 0 radical (unpaired) electrons. The van der Waals surface area contributed by atoms with Crippen molar-refractivity contribution in [2.45, 2.75) is 102 Å². The van der Waals surface area contributed by atoms with Crippen LogP contribution in [0.15, 0.2) is 72.8 Å². The molecule has 6 rings (SSSR count). The molecule has 2 fully saturated rings. The molecule has 2 aliphatic rings. The van der Waals surface area contributed by atoms with Gasteiger partial charge in [0.2, 0.25) is 0 Å². The smallest absolute Gasteiger partial charge is 0.194 e. The summed E-state index contributed by atoms with van der Waals surface area (Å²) in [6, 6.07) is 18.7. The summed E-state index contributed by atoms with van der Waals surface area (Å²) in [5, 5.41) is 0. The lowest BCUT2D eigenvalue weighted by atomic mass is 9.77. The maximum Gasteiger partial charge on any atom is 0.194 e. The zero-order chi connectivity index (χ0) is 34.7. The summed E-state index contributed by atoms with van der Waals surface area (Å²) in [4.78, 5) is 0. The van der Waals surface area contributed by atoms with E-state index in [0.29, 0.717) is 23.0 Å². The van der Waals surface area contributed by atoms with E-state index in [4.69, 9.17) is 4.74 Å². The minimum absolute atomic E-state index is 0.00929. The second-order valence-electron chi connectivity index (χ2n) is 14.1. The molecule has 4 aromatic rings. The van der Waals surface area contributed by atoms with E-state index in [1.165, 1.54) is 12.8 Å². The van der Waals surface area contributed by atoms with E-state index in [1.54, 1.807) is 0 Å². The number of rotatable bonds is 10. The molecule has 4 aromatic carbocycles. The van der Waals surface area contributed by atoms with Crippen molar-refractivity contribution < 1.29 is 31.1 Å². The van der Waals surface area contributed by atoms with Gasteiger partial charge in [-0.3, -0.25) is 0 Å². The predicted octanol–water partition coefficient (Wildman–Crippen LogP) is 12.8. The molecule has 1 nitrogen and oxygen atoms in total. The standard InChI is InChI=1S/C42H44F6O/c1-3-25-5-9-27(10-6-25)29-13-17-31(18-14-29)41(33-21-35(43)39(47)36(44)22-33)49-42(34-23-37(45)40(48)38(46)24-34)32-19-15-30(16-20-32)28-11-7-26(4-2)8-12-28/h13-28,41-42H,3-12H2,1-2H3. The fourth-order valence-corrected chi connectivity index (χ4v) is 7.98. The van der Waals surface area contributed by atoms with E-state index in [1.807, 2.05) is 48.5 Å². The maximum atomic E-state index is 14.7. The van der Waals surface area contributed by atoms with Crippen molar-refractivity contribution in [1.82, 2.24) is 0 Å². The quantitative estimate of drug-likeness (QED) is 0.120. The normalized spacial score (nSPS) is 22.5. The van der Waals surface area contributed by atoms with Gasteiger partial charge in [0.25, 0.3) is 0 Å². The molecule has 0 heterocycles. The highest BCUT2D eigenvalue weighted by Gasteiger charge is 2.29. The first kappa shape index (κ1) is 35.3. The third-order valence-corrected chi connectivity index (χ3v) is 11.2. The van der Waals surface area contributed by atoms with Gasteiger partial charge in [0.1, 0.15) is 12.2 Å². The van der Waals surface area contributed by atoms with Gasteiger partial charge in [-0.25, -0.2) is 26.3 Å². The van der Waals surface area contributed by atoms with Crippen LogP contribution in [0.25, 0.3) is 0 Å². The zero-order valence-electron chi connectivity index (χ0n) is 28.1. The maximum absolute atomic E-state index is 14.7. The summed E-state index contributed by atoms with van der Waals surface area (Å²) < 4.78 is 93.6. The van der Waals surface area contributed by atoms with Crippen LogP contribution in [0.2, 0.25) is 0 Å². The van der Waals surface area contributed by atoms with E-state index in [9.17, 15) is 26.3 Å². The number of halogens is 6. The van der Waals surface area contributed by atoms with Crippen molar-refractivity contribution in [2.75, 3.05) is 0 Å². The van der Waals surface area contributed by atoms with Gasteiger partial charge in [-0.1, -0.05) is 75.2 Å². The highest BCUT2D eigenvalue weighted by molar-refractivity contribution is 5.38. The summed E-state index contributed by atoms with van der Waals surface area (Å²) in [6.07, 6.45) is 8.95. The molecule has 0 amide bonds. The van der Waals surface area contributed by atoms with Gasteiger partial charge in [-0.05, 0) is 133 Å². The predicted molar refractivity (Wildman–Crippen MR) is 180 cm³/mol. The molecule has 2 atom stereocenters. The topological polar surface area (TPSA) is 9.23 Å². The number of hydrogen-bond acceptors (Lipinski definition) is 1. The molecular formula is C42H44F6O. The third kappa shape index (κ3) is 7.93. The number of benzene rings is 4. The van der Waals surface area contributed by atoms with Crippen LogP contribution in [0.5, 0.6) is 0 Å². The highest BCUT2D eigenvalue weighted by Crippen LogP contribution is 2.42. The van der Waals surface area contributed by atoms with Crippen LogP contribution in [0.1, 0.15) is 135 Å². The van der Waals surface area contributed by atoms with E-state index in [0.717, 1.165) is 98.6 Å². The lowest BCUT2D eigenvalue weighted by molar-refractivity contribution is 0.0300. The first-order valence-corrected chi connectivity index (χ1v) is 17.8. The summed E-state index contributed by atoms with van der Waals surface area (Å²) in [6.45, 7) is 4.44. The van der Waals surface area contributed by atoms with Crippen LogP contribution in [0.4, 0.5) is 26.3 Å². The second kappa shape index (κ2) is 15.5. The van der Waals surface area contributed by atoms with Crippen LogP contribution in [-0.2, 0) is 4.74 Å². The fraction of sp³-hybridized carbons (Fsp3) is 0.429. The first-order chi connectivity index (χ1) is 23.6. The molecule has 49 heavy (non-hydrogen) atoms. The first-order valence-electron chi connectivity index (χ1n) is 17.8. The molecule has 0 bridgehead atoms. The fourth-order valence-electron chi connectivity index (χ4n) is 7.98. The van der Waals surface area contributed by atoms with E-state index < -0.39 is 47.1 Å². The second-order valence-corrected chi connectivity index (χ2v) is 14.1. The van der Waals surface area contributed by atoms with Gasteiger partial charge in [0.05, 0.1) is 0 Å². The number of hydrogen-bond donors (Lipinski definition) is 0. The Kier molecular flexibility index (Phi) is 11.2. The molecule has 0 spiro atoms. The highest BCUT2D eigenvalue weighted by atomic mass is 19.2. The summed E-state index contributed by atoms with van der Waals surface area (Å²) in [5.74, 6) is -6.49. The van der Waals surface area contributed by atoms with Crippen molar-refractivity contribution >= 4 is 0 Å². The Balaban J connectivity index is 1.37. The molecule has 2 saturated carbocycles. The minimum atomic E-state index is -1.61. The van der Waals surface area contributed by atoms with Gasteiger partial charge in [0, 0.05) is 0 Å². The Morgan fingerprint density at radius 3 is 1.06 bits per heavy atom. The van der Waals surface area contributed by atoms with E-state index in [-0.39, 0.29) is 11.1 Å². The average Bonchev–Trinajstić information content (AvgIpc) is 3.13. The van der Waals surface area contributed by atoms with Gasteiger partial charge in [-0.15, -0.1) is 0 Å². The molecule has 0 aliphatic heterocycles. The third-order valence-electron chi connectivity index (χ3n) is 11.2. The van der Waals surface area contributed by atoms with Crippen molar-refractivity contribution in [3.05, 3.63) is 141 Å². The molecule has 7 heteroatoms. The zero-order valence-corrected chi connectivity index (χ0v) is 28.1. The molecular weight excluding hydrogens is 634 g/mol. The summed E-state index contributed by atoms with van der Waals surface area (Å²) in [5.41, 5.74) is 3.32. The molecule has 2 aliphatic carbocycles. The largest absolute Gasteiger partial charge is 0.356 e. The minimum Gasteiger partial charge on any atom is -0.356 e. The van der Waals surface area contributed by atoms with E-state index in [2.05, 4.69) is 13.8 Å². The van der Waals surface area contributed by atoms with Gasteiger partial charge >= 0.3 is 0 Å². The lowest BCUT2D eigenvalue weighted by Gasteiger charge is -2.30. The van der Waals surface area contributed by atoms with E-state index >= 15 is 0 Å². The molecule has 0 aromatic heterocycles.